The fraction of sp³-hybridized carbons (Fsp3) is 0.444. The molecule has 0 atom stereocenters. The molecule has 2 aromatic carbocycles. The van der Waals surface area contributed by atoms with E-state index in [1.165, 1.54) is 4.90 Å². The Hall–Kier alpha value is -4.08. The minimum absolute atomic E-state index is 0.0606. The Morgan fingerprint density at radius 2 is 1.66 bits per heavy atom. The van der Waals surface area contributed by atoms with Crippen molar-refractivity contribution in [2.24, 2.45) is 0 Å². The van der Waals surface area contributed by atoms with Crippen LogP contribution < -0.4 is 10.6 Å². The van der Waals surface area contributed by atoms with Crippen molar-refractivity contribution in [2.45, 2.75) is 78.2 Å². The van der Waals surface area contributed by atoms with E-state index in [0.717, 1.165) is 0 Å². The van der Waals surface area contributed by atoms with Gasteiger partial charge in [0.2, 0.25) is 5.95 Å². The van der Waals surface area contributed by atoms with Crippen LogP contribution in [0.3, 0.4) is 0 Å². The first-order chi connectivity index (χ1) is 24.8. The standard InChI is InChI=1S/C36H47F3N7O5PSi/c1-9-49-52(48,50-10-2)23-24-11-13-25(14-12-24)41-34-40-21-28(36(37,38)39)32(43-34)42-30-16-15-26(27-22-45(6)33(47)31(27)30)29-17-18-46(44-29)19-20-51-53(7,8)35(3,4)5/h11-18,21H,9-10,19-20,22-23H2,1-8H3,(H2,40,41,42,43). The maximum atomic E-state index is 14.2. The summed E-state index contributed by atoms with van der Waals surface area (Å²) in [6.07, 6.45) is -2.19. The zero-order valence-electron chi connectivity index (χ0n) is 31.3. The fourth-order valence-corrected chi connectivity index (χ4v) is 8.32. The monoisotopic (exact) mass is 773 g/mol. The van der Waals surface area contributed by atoms with Gasteiger partial charge in [-0.1, -0.05) is 39.0 Å². The number of nitrogens with one attached hydrogen (secondary N) is 2. The van der Waals surface area contributed by atoms with Gasteiger partial charge < -0.3 is 29.0 Å². The molecule has 1 aliphatic heterocycles. The minimum atomic E-state index is -4.79. The summed E-state index contributed by atoms with van der Waals surface area (Å²) in [6, 6.07) is 11.9. The molecule has 0 saturated carbocycles. The molecule has 2 aromatic heterocycles. The predicted molar refractivity (Wildman–Crippen MR) is 201 cm³/mol. The molecule has 53 heavy (non-hydrogen) atoms. The zero-order valence-corrected chi connectivity index (χ0v) is 33.2. The molecular weight excluding hydrogens is 726 g/mol. The first-order valence-corrected chi connectivity index (χ1v) is 22.0. The van der Waals surface area contributed by atoms with Gasteiger partial charge in [0.1, 0.15) is 11.4 Å². The number of fused-ring (bicyclic) bond motifs is 1. The number of halogens is 3. The van der Waals surface area contributed by atoms with Gasteiger partial charge in [0.15, 0.2) is 8.32 Å². The van der Waals surface area contributed by atoms with Crippen LogP contribution in [0.2, 0.25) is 18.1 Å². The lowest BCUT2D eigenvalue weighted by Crippen LogP contribution is -2.41. The molecule has 0 saturated heterocycles. The van der Waals surface area contributed by atoms with Gasteiger partial charge in [-0.05, 0) is 67.4 Å². The number of anilines is 4. The van der Waals surface area contributed by atoms with Crippen LogP contribution in [-0.2, 0) is 43.5 Å². The summed E-state index contributed by atoms with van der Waals surface area (Å²) in [4.78, 5) is 23.0. The van der Waals surface area contributed by atoms with E-state index in [0.29, 0.717) is 47.4 Å². The van der Waals surface area contributed by atoms with Crippen molar-refractivity contribution in [2.75, 3.05) is 37.5 Å². The largest absolute Gasteiger partial charge is 0.421 e. The van der Waals surface area contributed by atoms with Gasteiger partial charge in [0.25, 0.3) is 5.91 Å². The van der Waals surface area contributed by atoms with Crippen LogP contribution in [-0.4, -0.2) is 65.7 Å². The second kappa shape index (κ2) is 15.7. The molecule has 2 N–H and O–H groups in total. The van der Waals surface area contributed by atoms with E-state index < -0.39 is 33.5 Å². The molecule has 12 nitrogen and oxygen atoms in total. The van der Waals surface area contributed by atoms with E-state index in [4.69, 9.17) is 18.6 Å². The Morgan fingerprint density at radius 1 is 0.981 bits per heavy atom. The number of alkyl halides is 3. The predicted octanol–water partition coefficient (Wildman–Crippen LogP) is 9.22. The summed E-state index contributed by atoms with van der Waals surface area (Å²) in [7, 11) is -3.62. The van der Waals surface area contributed by atoms with Crippen LogP contribution in [0, 0.1) is 0 Å². The molecule has 0 spiro atoms. The maximum absolute atomic E-state index is 14.2. The second-order valence-corrected chi connectivity index (χ2v) is 21.1. The van der Waals surface area contributed by atoms with Crippen molar-refractivity contribution >= 4 is 45.0 Å². The smallest absolute Gasteiger partial charge is 0.415 e. The normalized spacial score (nSPS) is 13.8. The Bertz CT molecular complexity index is 1970. The molecule has 1 amide bonds. The van der Waals surface area contributed by atoms with Gasteiger partial charge in [0.05, 0.1) is 49.5 Å². The van der Waals surface area contributed by atoms with E-state index in [1.54, 1.807) is 62.0 Å². The van der Waals surface area contributed by atoms with Gasteiger partial charge in [0, 0.05) is 37.2 Å². The van der Waals surface area contributed by atoms with Crippen LogP contribution >= 0.6 is 7.60 Å². The molecule has 4 aromatic rings. The third-order valence-electron chi connectivity index (χ3n) is 9.36. The highest BCUT2D eigenvalue weighted by Gasteiger charge is 2.38. The summed E-state index contributed by atoms with van der Waals surface area (Å²) < 4.78 is 74.5. The number of hydrogen-bond acceptors (Lipinski definition) is 10. The van der Waals surface area contributed by atoms with Crippen LogP contribution in [0.4, 0.5) is 36.3 Å². The Morgan fingerprint density at radius 3 is 2.28 bits per heavy atom. The molecule has 0 aliphatic carbocycles. The summed E-state index contributed by atoms with van der Waals surface area (Å²) >= 11 is 0. The molecule has 0 bridgehead atoms. The molecular formula is C36H47F3N7O5PSi. The number of hydrogen-bond donors (Lipinski definition) is 2. The van der Waals surface area contributed by atoms with Crippen LogP contribution in [0.1, 0.15) is 61.7 Å². The number of amides is 1. The van der Waals surface area contributed by atoms with E-state index in [1.807, 2.05) is 12.3 Å². The highest BCUT2D eigenvalue weighted by molar-refractivity contribution is 7.53. The van der Waals surface area contributed by atoms with Crippen molar-refractivity contribution in [3.63, 3.8) is 0 Å². The van der Waals surface area contributed by atoms with Crippen molar-refractivity contribution in [3.05, 3.63) is 77.1 Å². The lowest BCUT2D eigenvalue weighted by atomic mass is 9.99. The zero-order chi connectivity index (χ0) is 38.8. The van der Waals surface area contributed by atoms with Crippen molar-refractivity contribution in [1.82, 2.24) is 24.6 Å². The lowest BCUT2D eigenvalue weighted by Gasteiger charge is -2.36. The van der Waals surface area contributed by atoms with Gasteiger partial charge in [-0.3, -0.25) is 14.0 Å². The number of rotatable bonds is 15. The van der Waals surface area contributed by atoms with Crippen molar-refractivity contribution < 1.29 is 36.0 Å². The summed E-state index contributed by atoms with van der Waals surface area (Å²) in [6.45, 7) is 16.2. The van der Waals surface area contributed by atoms with Gasteiger partial charge >= 0.3 is 13.8 Å². The highest BCUT2D eigenvalue weighted by atomic mass is 31.2. The number of aromatic nitrogens is 4. The van der Waals surface area contributed by atoms with Crippen molar-refractivity contribution in [3.8, 4) is 11.3 Å². The third-order valence-corrected chi connectivity index (χ3v) is 16.0. The topological polar surface area (TPSA) is 133 Å². The number of carbonyl (C=O) groups is 1. The molecule has 5 rings (SSSR count). The first-order valence-electron chi connectivity index (χ1n) is 17.4. The molecule has 0 unspecified atom stereocenters. The van der Waals surface area contributed by atoms with Crippen LogP contribution in [0.5, 0.6) is 0 Å². The van der Waals surface area contributed by atoms with E-state index >= 15 is 0 Å². The quantitative estimate of drug-likeness (QED) is 0.0890. The first kappa shape index (κ1) is 40.1. The summed E-state index contributed by atoms with van der Waals surface area (Å²) in [5.74, 6) is -0.975. The molecule has 286 valence electrons. The number of benzene rings is 2. The lowest BCUT2D eigenvalue weighted by molar-refractivity contribution is -0.137. The van der Waals surface area contributed by atoms with E-state index in [2.05, 4.69) is 54.5 Å². The fourth-order valence-electron chi connectivity index (χ4n) is 5.58. The van der Waals surface area contributed by atoms with Crippen LogP contribution in [0.15, 0.2) is 54.9 Å². The van der Waals surface area contributed by atoms with Gasteiger partial charge in [-0.2, -0.15) is 23.3 Å². The van der Waals surface area contributed by atoms with Gasteiger partial charge in [-0.25, -0.2) is 4.98 Å². The summed E-state index contributed by atoms with van der Waals surface area (Å²) in [5, 5.41) is 10.5. The third kappa shape index (κ3) is 9.36. The molecule has 17 heteroatoms. The average Bonchev–Trinajstić information content (AvgIpc) is 3.65. The van der Waals surface area contributed by atoms with E-state index in [-0.39, 0.29) is 54.1 Å². The highest BCUT2D eigenvalue weighted by Crippen LogP contribution is 2.51. The van der Waals surface area contributed by atoms with Gasteiger partial charge in [-0.15, -0.1) is 0 Å². The van der Waals surface area contributed by atoms with Crippen LogP contribution in [0.25, 0.3) is 11.3 Å². The number of nitrogens with zero attached hydrogens (tertiary/aromatic N) is 5. The SMILES string of the molecule is CCOP(=O)(Cc1ccc(Nc2ncc(C(F)(F)F)c(Nc3ccc(-c4ccn(CCO[Si](C)(C)C(C)(C)C)n4)c4c3C(=O)N(C)C4)n2)cc1)OCC. The summed E-state index contributed by atoms with van der Waals surface area (Å²) in [5.41, 5.74) is 2.47. The molecule has 1 aliphatic rings. The Kier molecular flexibility index (Phi) is 11.9. The second-order valence-electron chi connectivity index (χ2n) is 14.3. The molecule has 0 radical (unpaired) electrons. The molecule has 0 fully saturated rings. The maximum Gasteiger partial charge on any atom is 0.421 e. The van der Waals surface area contributed by atoms with Crippen molar-refractivity contribution in [1.29, 1.82) is 0 Å². The molecule has 3 heterocycles. The Labute approximate surface area is 309 Å². The Balaban J connectivity index is 1.39. The van der Waals surface area contributed by atoms with E-state index in [9.17, 15) is 22.5 Å². The number of carbonyl (C=O) groups excluding carboxylic acids is 1. The average molecular weight is 774 g/mol. The minimum Gasteiger partial charge on any atom is -0.415 e.